The minimum Gasteiger partial charge on any atom is -0.347 e. The van der Waals surface area contributed by atoms with E-state index in [0.29, 0.717) is 37.1 Å². The maximum absolute atomic E-state index is 12.6. The third-order valence-corrected chi connectivity index (χ3v) is 8.71. The summed E-state index contributed by atoms with van der Waals surface area (Å²) in [5.41, 5.74) is 0.918. The van der Waals surface area contributed by atoms with E-state index in [1.165, 1.54) is 47.7 Å². The van der Waals surface area contributed by atoms with Crippen LogP contribution in [0.3, 0.4) is 0 Å². The van der Waals surface area contributed by atoms with Gasteiger partial charge in [0.05, 0.1) is 17.5 Å². The van der Waals surface area contributed by atoms with Crippen molar-refractivity contribution in [2.45, 2.75) is 69.9 Å². The number of piperidine rings is 1. The molecular formula is C22H36N3O3S+. The molecule has 0 aromatic heterocycles. The van der Waals surface area contributed by atoms with Gasteiger partial charge in [0.2, 0.25) is 10.0 Å². The predicted octanol–water partition coefficient (Wildman–Crippen LogP) is 1.57. The van der Waals surface area contributed by atoms with Crippen LogP contribution in [0.15, 0.2) is 29.2 Å². The average molecular weight is 423 g/mol. The molecule has 1 saturated heterocycles. The SMILES string of the molecule is CCN(CC)S(=O)(=O)c1ccc(CNC(=O)C[NH+]2CCC[C@H]3CCCC[C@@H]32)cc1. The molecule has 1 unspecified atom stereocenters. The molecule has 1 aromatic rings. The van der Waals surface area contributed by atoms with E-state index in [2.05, 4.69) is 5.32 Å². The number of carbonyl (C=O) groups excluding carboxylic acids is 1. The predicted molar refractivity (Wildman–Crippen MR) is 114 cm³/mol. The zero-order valence-corrected chi connectivity index (χ0v) is 18.6. The first kappa shape index (κ1) is 22.2. The molecule has 0 bridgehead atoms. The Labute approximate surface area is 175 Å². The van der Waals surface area contributed by atoms with Gasteiger partial charge in [-0.25, -0.2) is 8.42 Å². The van der Waals surface area contributed by atoms with Crippen LogP contribution in [-0.2, 0) is 21.4 Å². The summed E-state index contributed by atoms with van der Waals surface area (Å²) in [5.74, 6) is 0.895. The van der Waals surface area contributed by atoms with E-state index in [-0.39, 0.29) is 5.91 Å². The number of likely N-dealkylation sites (tertiary alicyclic amines) is 1. The van der Waals surface area contributed by atoms with Crippen LogP contribution >= 0.6 is 0 Å². The van der Waals surface area contributed by atoms with Gasteiger partial charge >= 0.3 is 0 Å². The molecule has 1 aromatic carbocycles. The molecule has 1 aliphatic carbocycles. The minimum absolute atomic E-state index is 0.0889. The molecule has 0 spiro atoms. The van der Waals surface area contributed by atoms with E-state index in [9.17, 15) is 13.2 Å². The minimum atomic E-state index is -3.44. The Balaban J connectivity index is 1.52. The molecule has 1 saturated carbocycles. The van der Waals surface area contributed by atoms with Gasteiger partial charge in [0.1, 0.15) is 0 Å². The summed E-state index contributed by atoms with van der Waals surface area (Å²) in [5, 5.41) is 3.03. The van der Waals surface area contributed by atoms with Gasteiger partial charge in [-0.2, -0.15) is 4.31 Å². The Bertz CT molecular complexity index is 773. The van der Waals surface area contributed by atoms with Gasteiger partial charge in [-0.15, -0.1) is 0 Å². The number of hydrogen-bond donors (Lipinski definition) is 2. The number of quaternary nitrogens is 1. The van der Waals surface area contributed by atoms with Gasteiger partial charge in [0.15, 0.2) is 6.54 Å². The normalized spacial score (nSPS) is 24.9. The van der Waals surface area contributed by atoms with Gasteiger partial charge in [-0.1, -0.05) is 32.4 Å². The highest BCUT2D eigenvalue weighted by molar-refractivity contribution is 7.89. The molecule has 1 amide bonds. The van der Waals surface area contributed by atoms with E-state index >= 15 is 0 Å². The zero-order valence-electron chi connectivity index (χ0n) is 17.8. The summed E-state index contributed by atoms with van der Waals surface area (Å²) in [6, 6.07) is 7.52. The molecule has 29 heavy (non-hydrogen) atoms. The summed E-state index contributed by atoms with van der Waals surface area (Å²) in [7, 11) is -3.44. The van der Waals surface area contributed by atoms with Crippen LogP contribution in [0.2, 0.25) is 0 Å². The second-order valence-corrected chi connectivity index (χ2v) is 10.3. The molecule has 1 aliphatic heterocycles. The van der Waals surface area contributed by atoms with Crippen LogP contribution in [0.25, 0.3) is 0 Å². The summed E-state index contributed by atoms with van der Waals surface area (Å²) in [6.45, 7) is 6.68. The number of sulfonamides is 1. The number of nitrogens with zero attached hydrogens (tertiary/aromatic N) is 1. The summed E-state index contributed by atoms with van der Waals surface area (Å²) in [6.07, 6.45) is 7.80. The van der Waals surface area contributed by atoms with Crippen LogP contribution < -0.4 is 10.2 Å². The first-order valence-electron chi connectivity index (χ1n) is 11.2. The lowest BCUT2D eigenvalue weighted by molar-refractivity contribution is -0.928. The number of hydrogen-bond acceptors (Lipinski definition) is 3. The van der Waals surface area contributed by atoms with Crippen molar-refractivity contribution < 1.29 is 18.1 Å². The Morgan fingerprint density at radius 3 is 2.41 bits per heavy atom. The third kappa shape index (κ3) is 5.38. The van der Waals surface area contributed by atoms with Crippen LogP contribution in [0, 0.1) is 5.92 Å². The van der Waals surface area contributed by atoms with E-state index in [0.717, 1.165) is 18.0 Å². The smallest absolute Gasteiger partial charge is 0.275 e. The molecule has 0 radical (unpaired) electrons. The first-order chi connectivity index (χ1) is 14.0. The van der Waals surface area contributed by atoms with E-state index in [1.54, 1.807) is 24.3 Å². The van der Waals surface area contributed by atoms with Gasteiger partial charge < -0.3 is 10.2 Å². The standard InChI is InChI=1S/C22H35N3O3S/c1-3-25(4-2)29(27,28)20-13-11-18(12-14-20)16-23-22(26)17-24-15-7-9-19-8-5-6-10-21(19)24/h11-14,19,21H,3-10,15-17H2,1-2H3,(H,23,26)/p+1/t19-,21+/m1/s1. The number of fused-ring (bicyclic) bond motifs is 1. The van der Waals surface area contributed by atoms with Gasteiger partial charge in [-0.3, -0.25) is 4.79 Å². The van der Waals surface area contributed by atoms with Crippen molar-refractivity contribution in [2.24, 2.45) is 5.92 Å². The van der Waals surface area contributed by atoms with Crippen molar-refractivity contribution in [1.82, 2.24) is 9.62 Å². The molecule has 162 valence electrons. The highest BCUT2D eigenvalue weighted by atomic mass is 32.2. The topological polar surface area (TPSA) is 70.9 Å². The zero-order chi connectivity index (χ0) is 20.9. The summed E-state index contributed by atoms with van der Waals surface area (Å²) < 4.78 is 26.6. The molecule has 3 rings (SSSR count). The lowest BCUT2D eigenvalue weighted by Gasteiger charge is -2.40. The summed E-state index contributed by atoms with van der Waals surface area (Å²) >= 11 is 0. The van der Waals surface area contributed by atoms with Crippen LogP contribution in [0.1, 0.15) is 57.9 Å². The molecule has 1 heterocycles. The molecule has 2 N–H and O–H groups in total. The molecule has 7 heteroatoms. The van der Waals surface area contributed by atoms with Crippen LogP contribution in [0.5, 0.6) is 0 Å². The van der Waals surface area contributed by atoms with E-state index in [4.69, 9.17) is 0 Å². The number of rotatable bonds is 8. The first-order valence-corrected chi connectivity index (χ1v) is 12.6. The highest BCUT2D eigenvalue weighted by Crippen LogP contribution is 2.28. The fourth-order valence-corrected chi connectivity index (χ4v) is 6.51. The molecule has 2 fully saturated rings. The molecule has 3 atom stereocenters. The molecule has 6 nitrogen and oxygen atoms in total. The Morgan fingerprint density at radius 1 is 1.07 bits per heavy atom. The molecular weight excluding hydrogens is 386 g/mol. The Kier molecular flexibility index (Phi) is 7.71. The van der Waals surface area contributed by atoms with Crippen molar-refractivity contribution in [3.8, 4) is 0 Å². The van der Waals surface area contributed by atoms with Crippen molar-refractivity contribution >= 4 is 15.9 Å². The van der Waals surface area contributed by atoms with Crippen LogP contribution in [-0.4, -0.2) is 50.9 Å². The lowest BCUT2D eigenvalue weighted by Crippen LogP contribution is -3.18. The largest absolute Gasteiger partial charge is 0.347 e. The fourth-order valence-electron chi connectivity index (χ4n) is 5.05. The van der Waals surface area contributed by atoms with E-state index < -0.39 is 10.0 Å². The summed E-state index contributed by atoms with van der Waals surface area (Å²) in [4.78, 5) is 14.3. The van der Waals surface area contributed by atoms with Gasteiger partial charge in [-0.05, 0) is 49.8 Å². The average Bonchev–Trinajstić information content (AvgIpc) is 2.73. The lowest BCUT2D eigenvalue weighted by atomic mass is 9.78. The van der Waals surface area contributed by atoms with Crippen molar-refractivity contribution in [3.63, 3.8) is 0 Å². The Hall–Kier alpha value is -1.44. The monoisotopic (exact) mass is 422 g/mol. The number of carbonyl (C=O) groups is 1. The van der Waals surface area contributed by atoms with E-state index in [1.807, 2.05) is 13.8 Å². The van der Waals surface area contributed by atoms with Crippen molar-refractivity contribution in [3.05, 3.63) is 29.8 Å². The molecule has 2 aliphatic rings. The van der Waals surface area contributed by atoms with Crippen LogP contribution in [0.4, 0.5) is 0 Å². The van der Waals surface area contributed by atoms with Crippen molar-refractivity contribution in [2.75, 3.05) is 26.2 Å². The number of amides is 1. The fraction of sp³-hybridized carbons (Fsp3) is 0.682. The maximum Gasteiger partial charge on any atom is 0.275 e. The third-order valence-electron chi connectivity index (χ3n) is 6.65. The highest BCUT2D eigenvalue weighted by Gasteiger charge is 2.37. The number of benzene rings is 1. The maximum atomic E-state index is 12.6. The Morgan fingerprint density at radius 2 is 1.72 bits per heavy atom. The quantitative estimate of drug-likeness (QED) is 0.668. The van der Waals surface area contributed by atoms with Gasteiger partial charge in [0.25, 0.3) is 5.91 Å². The van der Waals surface area contributed by atoms with Gasteiger partial charge in [0, 0.05) is 25.6 Å². The number of nitrogens with one attached hydrogen (secondary N) is 2. The second-order valence-electron chi connectivity index (χ2n) is 8.39. The second kappa shape index (κ2) is 10.0. The van der Waals surface area contributed by atoms with Crippen molar-refractivity contribution in [1.29, 1.82) is 0 Å².